The van der Waals surface area contributed by atoms with Crippen LogP contribution in [0.2, 0.25) is 0 Å². The molecule has 0 aliphatic carbocycles. The number of nitrogens with zero attached hydrogens (tertiary/aromatic N) is 1. The van der Waals surface area contributed by atoms with Crippen molar-refractivity contribution in [2.45, 2.75) is 6.92 Å². The van der Waals surface area contributed by atoms with Crippen LogP contribution in [0.3, 0.4) is 0 Å². The molecular formula is C5H5IN2O. The summed E-state index contributed by atoms with van der Waals surface area (Å²) in [6.07, 6.45) is 1.55. The van der Waals surface area contributed by atoms with E-state index in [2.05, 4.69) is 9.97 Å². The third-order valence-corrected chi connectivity index (χ3v) is 1.65. The van der Waals surface area contributed by atoms with Gasteiger partial charge >= 0.3 is 0 Å². The average molecular weight is 236 g/mol. The van der Waals surface area contributed by atoms with Gasteiger partial charge in [0.05, 0.1) is 3.57 Å². The van der Waals surface area contributed by atoms with Gasteiger partial charge in [0.2, 0.25) is 0 Å². The largest absolute Gasteiger partial charge is 0.310 e. The van der Waals surface area contributed by atoms with Gasteiger partial charge in [0.1, 0.15) is 5.82 Å². The molecule has 1 rings (SSSR count). The van der Waals surface area contributed by atoms with E-state index in [1.165, 1.54) is 0 Å². The van der Waals surface area contributed by atoms with Crippen LogP contribution in [-0.2, 0) is 0 Å². The number of hydrogen-bond donors (Lipinski definition) is 1. The quantitative estimate of drug-likeness (QED) is 0.673. The van der Waals surface area contributed by atoms with Gasteiger partial charge in [-0.1, -0.05) is 0 Å². The van der Waals surface area contributed by atoms with Crippen LogP contribution in [0.25, 0.3) is 0 Å². The first-order valence-electron chi connectivity index (χ1n) is 2.41. The Balaban J connectivity index is 3.34. The highest BCUT2D eigenvalue weighted by Crippen LogP contribution is 1.91. The Labute approximate surface area is 65.7 Å². The van der Waals surface area contributed by atoms with E-state index in [1.54, 1.807) is 13.1 Å². The Morgan fingerprint density at radius 3 is 2.89 bits per heavy atom. The molecule has 1 heterocycles. The summed E-state index contributed by atoms with van der Waals surface area (Å²) < 4.78 is 0.623. The van der Waals surface area contributed by atoms with Crippen molar-refractivity contribution in [1.29, 1.82) is 0 Å². The lowest BCUT2D eigenvalue weighted by Gasteiger charge is -1.88. The van der Waals surface area contributed by atoms with Crippen LogP contribution >= 0.6 is 22.6 Å². The third kappa shape index (κ3) is 1.51. The molecule has 0 amide bonds. The molecule has 1 N–H and O–H groups in total. The number of nitrogens with one attached hydrogen (secondary N) is 1. The van der Waals surface area contributed by atoms with E-state index in [-0.39, 0.29) is 5.56 Å². The molecule has 48 valence electrons. The van der Waals surface area contributed by atoms with Gasteiger partial charge < -0.3 is 4.98 Å². The monoisotopic (exact) mass is 236 g/mol. The number of aryl methyl sites for hydroxylation is 1. The van der Waals surface area contributed by atoms with Crippen molar-refractivity contribution in [3.8, 4) is 0 Å². The van der Waals surface area contributed by atoms with Crippen molar-refractivity contribution < 1.29 is 0 Å². The molecule has 0 radical (unpaired) electrons. The van der Waals surface area contributed by atoms with Gasteiger partial charge in [-0.3, -0.25) is 4.79 Å². The minimum absolute atomic E-state index is 0.0666. The number of hydrogen-bond acceptors (Lipinski definition) is 2. The second-order valence-electron chi connectivity index (χ2n) is 1.65. The average Bonchev–Trinajstić information content (AvgIpc) is 1.80. The Kier molecular flexibility index (Phi) is 1.84. The fourth-order valence-electron chi connectivity index (χ4n) is 0.468. The molecule has 0 bridgehead atoms. The molecule has 4 heteroatoms. The highest BCUT2D eigenvalue weighted by molar-refractivity contribution is 14.1. The summed E-state index contributed by atoms with van der Waals surface area (Å²) in [6.45, 7) is 1.75. The van der Waals surface area contributed by atoms with Gasteiger partial charge in [0, 0.05) is 6.20 Å². The van der Waals surface area contributed by atoms with E-state index in [1.807, 2.05) is 22.6 Å². The molecule has 0 saturated heterocycles. The van der Waals surface area contributed by atoms with Gasteiger partial charge in [0.15, 0.2) is 0 Å². The van der Waals surface area contributed by atoms with Crippen LogP contribution in [0.5, 0.6) is 0 Å². The molecule has 0 aliphatic rings. The molecule has 3 nitrogen and oxygen atoms in total. The predicted octanol–water partition coefficient (Wildman–Crippen LogP) is 0.683. The fourth-order valence-corrected chi connectivity index (χ4v) is 0.743. The molecule has 1 aromatic rings. The molecular weight excluding hydrogens is 231 g/mol. The highest BCUT2D eigenvalue weighted by Gasteiger charge is 1.92. The maximum absolute atomic E-state index is 10.7. The smallest absolute Gasteiger partial charge is 0.264 e. The lowest BCUT2D eigenvalue weighted by atomic mass is 10.6. The Hall–Kier alpha value is -0.390. The predicted molar refractivity (Wildman–Crippen MR) is 42.3 cm³/mol. The zero-order chi connectivity index (χ0) is 6.85. The topological polar surface area (TPSA) is 45.8 Å². The Bertz CT molecular complexity index is 268. The molecule has 0 aromatic carbocycles. The first-order valence-corrected chi connectivity index (χ1v) is 3.49. The van der Waals surface area contributed by atoms with Crippen LogP contribution in [0.1, 0.15) is 5.82 Å². The maximum atomic E-state index is 10.7. The molecule has 0 saturated carbocycles. The van der Waals surface area contributed by atoms with Crippen LogP contribution < -0.4 is 5.56 Å². The van der Waals surface area contributed by atoms with Crippen LogP contribution in [0.15, 0.2) is 11.0 Å². The first-order chi connectivity index (χ1) is 4.20. The lowest BCUT2D eigenvalue weighted by Crippen LogP contribution is -2.11. The molecule has 0 unspecified atom stereocenters. The Morgan fingerprint density at radius 1 is 1.78 bits per heavy atom. The summed E-state index contributed by atoms with van der Waals surface area (Å²) in [5, 5.41) is 0. The van der Waals surface area contributed by atoms with Crippen molar-refractivity contribution in [3.05, 3.63) is 25.9 Å². The van der Waals surface area contributed by atoms with Crippen molar-refractivity contribution in [3.63, 3.8) is 0 Å². The van der Waals surface area contributed by atoms with E-state index >= 15 is 0 Å². The second-order valence-corrected chi connectivity index (χ2v) is 2.81. The summed E-state index contributed by atoms with van der Waals surface area (Å²) in [7, 11) is 0. The van der Waals surface area contributed by atoms with E-state index in [9.17, 15) is 4.79 Å². The van der Waals surface area contributed by atoms with Gasteiger partial charge in [0.25, 0.3) is 5.56 Å². The number of rotatable bonds is 0. The number of halogens is 1. The second kappa shape index (κ2) is 2.47. The zero-order valence-corrected chi connectivity index (χ0v) is 6.97. The summed E-state index contributed by atoms with van der Waals surface area (Å²) in [5.41, 5.74) is -0.0666. The summed E-state index contributed by atoms with van der Waals surface area (Å²) in [6, 6.07) is 0. The molecule has 9 heavy (non-hydrogen) atoms. The van der Waals surface area contributed by atoms with Crippen LogP contribution in [0, 0.1) is 10.5 Å². The number of aromatic amines is 1. The van der Waals surface area contributed by atoms with E-state index in [0.717, 1.165) is 0 Å². The molecule has 1 aromatic heterocycles. The van der Waals surface area contributed by atoms with Crippen molar-refractivity contribution >= 4 is 22.6 Å². The van der Waals surface area contributed by atoms with Gasteiger partial charge in [-0.05, 0) is 29.5 Å². The van der Waals surface area contributed by atoms with Gasteiger partial charge in [-0.25, -0.2) is 4.98 Å². The number of aromatic nitrogens is 2. The fraction of sp³-hybridized carbons (Fsp3) is 0.200. The van der Waals surface area contributed by atoms with Crippen molar-refractivity contribution in [2.24, 2.45) is 0 Å². The van der Waals surface area contributed by atoms with Gasteiger partial charge in [-0.2, -0.15) is 0 Å². The standard InChI is InChI=1S/C5H5IN2O/c1-3-7-2-4(6)5(9)8-3/h2H,1H3,(H,7,8,9). The molecule has 0 aliphatic heterocycles. The van der Waals surface area contributed by atoms with Crippen LogP contribution in [-0.4, -0.2) is 9.97 Å². The van der Waals surface area contributed by atoms with E-state index < -0.39 is 0 Å². The van der Waals surface area contributed by atoms with Crippen LogP contribution in [0.4, 0.5) is 0 Å². The summed E-state index contributed by atoms with van der Waals surface area (Å²) in [4.78, 5) is 17.2. The maximum Gasteiger partial charge on any atom is 0.264 e. The zero-order valence-electron chi connectivity index (χ0n) is 4.81. The minimum Gasteiger partial charge on any atom is -0.310 e. The molecule has 0 spiro atoms. The first kappa shape index (κ1) is 6.73. The summed E-state index contributed by atoms with van der Waals surface area (Å²) >= 11 is 1.93. The Morgan fingerprint density at radius 2 is 2.44 bits per heavy atom. The van der Waals surface area contributed by atoms with E-state index in [4.69, 9.17) is 0 Å². The highest BCUT2D eigenvalue weighted by atomic mass is 127. The molecule has 0 atom stereocenters. The van der Waals surface area contributed by atoms with Gasteiger partial charge in [-0.15, -0.1) is 0 Å². The lowest BCUT2D eigenvalue weighted by molar-refractivity contribution is 1.00. The SMILES string of the molecule is Cc1ncc(I)c(=O)[nH]1. The van der Waals surface area contributed by atoms with Crippen molar-refractivity contribution in [2.75, 3.05) is 0 Å². The van der Waals surface area contributed by atoms with Crippen molar-refractivity contribution in [1.82, 2.24) is 9.97 Å². The normalized spacial score (nSPS) is 9.56. The van der Waals surface area contributed by atoms with E-state index in [0.29, 0.717) is 9.39 Å². The third-order valence-electron chi connectivity index (χ3n) is 0.883. The number of H-pyrrole nitrogens is 1. The summed E-state index contributed by atoms with van der Waals surface area (Å²) in [5.74, 6) is 0.653. The minimum atomic E-state index is -0.0666. The molecule has 0 fully saturated rings.